The first-order valence-electron chi connectivity index (χ1n) is 9.48. The molecule has 0 fully saturated rings. The quantitative estimate of drug-likeness (QED) is 0.357. The summed E-state index contributed by atoms with van der Waals surface area (Å²) in [4.78, 5) is 23.6. The van der Waals surface area contributed by atoms with Crippen molar-refractivity contribution in [3.8, 4) is 27.0 Å². The van der Waals surface area contributed by atoms with E-state index in [1.165, 1.54) is 23.7 Å². The number of aromatic amines is 1. The molecule has 0 aliphatic heterocycles. The second kappa shape index (κ2) is 9.45. The van der Waals surface area contributed by atoms with Crippen LogP contribution in [0.25, 0.3) is 21.3 Å². The van der Waals surface area contributed by atoms with Crippen molar-refractivity contribution >= 4 is 28.8 Å². The lowest BCUT2D eigenvalue weighted by molar-refractivity contribution is 0.342. The Kier molecular flexibility index (Phi) is 6.47. The molecule has 1 aromatic carbocycles. The molecule has 4 rings (SSSR count). The van der Waals surface area contributed by atoms with Gasteiger partial charge in [-0.3, -0.25) is 9.51 Å². The lowest BCUT2D eigenvalue weighted by Crippen LogP contribution is -2.09. The molecule has 0 bridgehead atoms. The highest BCUT2D eigenvalue weighted by Gasteiger charge is 2.18. The number of hydrogen-bond acceptors (Lipinski definition) is 8. The Morgan fingerprint density at radius 3 is 2.88 bits per heavy atom. The van der Waals surface area contributed by atoms with Gasteiger partial charge in [-0.25, -0.2) is 23.5 Å². The van der Waals surface area contributed by atoms with Crippen LogP contribution in [0.3, 0.4) is 0 Å². The fraction of sp³-hybridized carbons (Fsp3) is 0.200. The topological polar surface area (TPSA) is 106 Å². The van der Waals surface area contributed by atoms with Crippen molar-refractivity contribution in [2.24, 2.45) is 0 Å². The average Bonchev–Trinajstić information content (AvgIpc) is 3.40. The lowest BCUT2D eigenvalue weighted by atomic mass is 10.1. The highest BCUT2D eigenvalue weighted by atomic mass is 35.5. The Balaban J connectivity index is 1.53. The van der Waals surface area contributed by atoms with Gasteiger partial charge in [0.1, 0.15) is 34.4 Å². The second-order valence-electron chi connectivity index (χ2n) is 6.47. The maximum atomic E-state index is 14.0. The van der Waals surface area contributed by atoms with Gasteiger partial charge in [-0.1, -0.05) is 16.8 Å². The van der Waals surface area contributed by atoms with E-state index in [-0.39, 0.29) is 29.4 Å². The van der Waals surface area contributed by atoms with E-state index in [1.54, 1.807) is 12.1 Å². The van der Waals surface area contributed by atoms with E-state index in [0.717, 1.165) is 10.9 Å². The van der Waals surface area contributed by atoms with Gasteiger partial charge in [0.2, 0.25) is 0 Å². The Hall–Kier alpha value is -3.31. The van der Waals surface area contributed by atoms with Gasteiger partial charge < -0.3 is 10.1 Å². The third-order valence-electron chi connectivity index (χ3n) is 4.39. The molecule has 0 aliphatic rings. The molecule has 0 unspecified atom stereocenters. The molecule has 0 atom stereocenters. The molecular formula is C20H16ClF2N5O3S. The fourth-order valence-corrected chi connectivity index (χ4v) is 4.14. The number of halogens is 3. The smallest absolute Gasteiger partial charge is 0.439 e. The van der Waals surface area contributed by atoms with Crippen LogP contribution in [-0.2, 0) is 6.42 Å². The summed E-state index contributed by atoms with van der Waals surface area (Å²) in [6, 6.07) is 5.79. The molecule has 0 saturated heterocycles. The number of thiophene rings is 1. The molecule has 12 heteroatoms. The minimum Gasteiger partial charge on any atom is -0.492 e. The van der Waals surface area contributed by atoms with Crippen molar-refractivity contribution in [1.29, 1.82) is 0 Å². The molecule has 0 amide bonds. The van der Waals surface area contributed by atoms with E-state index < -0.39 is 17.4 Å². The molecule has 4 aromatic rings. The molecule has 0 spiro atoms. The van der Waals surface area contributed by atoms with E-state index in [4.69, 9.17) is 16.3 Å². The fourth-order valence-electron chi connectivity index (χ4n) is 2.96. The minimum atomic E-state index is -0.766. The maximum absolute atomic E-state index is 14.0. The van der Waals surface area contributed by atoms with Crippen molar-refractivity contribution < 1.29 is 18.0 Å². The summed E-state index contributed by atoms with van der Waals surface area (Å²) < 4.78 is 38.2. The number of nitrogens with one attached hydrogen (secondary N) is 2. The molecule has 0 radical (unpaired) electrons. The number of aromatic nitrogens is 4. The molecule has 8 nitrogen and oxygen atoms in total. The molecule has 2 N–H and O–H groups in total. The van der Waals surface area contributed by atoms with Crippen molar-refractivity contribution in [1.82, 2.24) is 20.1 Å². The van der Waals surface area contributed by atoms with Gasteiger partial charge in [-0.15, -0.1) is 11.3 Å². The van der Waals surface area contributed by atoms with Crippen LogP contribution < -0.4 is 15.8 Å². The zero-order chi connectivity index (χ0) is 22.7. The van der Waals surface area contributed by atoms with E-state index in [2.05, 4.69) is 29.9 Å². The number of benzene rings is 1. The highest BCUT2D eigenvalue weighted by Crippen LogP contribution is 2.41. The monoisotopic (exact) mass is 479 g/mol. The second-order valence-corrected chi connectivity index (χ2v) is 7.93. The largest absolute Gasteiger partial charge is 0.492 e. The van der Waals surface area contributed by atoms with Gasteiger partial charge in [-0.2, -0.15) is 0 Å². The predicted octanol–water partition coefficient (Wildman–Crippen LogP) is 4.53. The van der Waals surface area contributed by atoms with Crippen LogP contribution in [0.5, 0.6) is 5.75 Å². The Labute approximate surface area is 189 Å². The number of hydrogen-bond donors (Lipinski definition) is 2. The summed E-state index contributed by atoms with van der Waals surface area (Å²) >= 11 is 7.04. The van der Waals surface area contributed by atoms with Crippen LogP contribution in [0.15, 0.2) is 39.9 Å². The third kappa shape index (κ3) is 4.63. The van der Waals surface area contributed by atoms with Crippen LogP contribution >= 0.6 is 22.9 Å². The number of nitrogens with zero attached hydrogens (tertiary/aromatic N) is 3. The van der Waals surface area contributed by atoms with Crippen LogP contribution in [0.2, 0.25) is 5.02 Å². The first-order valence-corrected chi connectivity index (χ1v) is 10.7. The molecule has 0 aliphatic carbocycles. The van der Waals surface area contributed by atoms with Crippen LogP contribution in [-0.4, -0.2) is 33.3 Å². The van der Waals surface area contributed by atoms with E-state index in [1.807, 2.05) is 6.92 Å². The van der Waals surface area contributed by atoms with Crippen LogP contribution in [0.4, 0.5) is 14.6 Å². The normalized spacial score (nSPS) is 11.0. The van der Waals surface area contributed by atoms with Crippen LogP contribution in [0.1, 0.15) is 12.5 Å². The zero-order valence-electron chi connectivity index (χ0n) is 16.6. The van der Waals surface area contributed by atoms with Crippen molar-refractivity contribution in [3.05, 3.63) is 63.4 Å². The number of rotatable bonds is 8. The van der Waals surface area contributed by atoms with E-state index in [0.29, 0.717) is 28.7 Å². The predicted molar refractivity (Wildman–Crippen MR) is 116 cm³/mol. The minimum absolute atomic E-state index is 0.0781. The van der Waals surface area contributed by atoms with Crippen molar-refractivity contribution in [3.63, 3.8) is 0 Å². The standard InChI is InChI=1S/C20H16ClF2N5O3S/c1-2-30-14-8-15(32-18(14)19-27-20(29)31-28-19)13-7-16(26-9-25-13)24-6-5-10-12(22)4-3-11(21)17(10)23/h3-4,7-9H,2,5-6H2,1H3,(H,24,25,26)(H,27,28,29). The van der Waals surface area contributed by atoms with Gasteiger partial charge in [0.15, 0.2) is 5.82 Å². The molecule has 166 valence electrons. The summed E-state index contributed by atoms with van der Waals surface area (Å²) in [5, 5.41) is 6.62. The van der Waals surface area contributed by atoms with Gasteiger partial charge in [0.05, 0.1) is 22.2 Å². The Morgan fingerprint density at radius 2 is 2.12 bits per heavy atom. The summed E-state index contributed by atoms with van der Waals surface area (Å²) in [5.41, 5.74) is 0.496. The SMILES string of the molecule is CCOc1cc(-c2cc(NCCc3c(F)ccc(Cl)c3F)ncn2)sc1-c1noc(=O)[nH]1. The highest BCUT2D eigenvalue weighted by molar-refractivity contribution is 7.19. The Morgan fingerprint density at radius 1 is 1.28 bits per heavy atom. The summed E-state index contributed by atoms with van der Waals surface area (Å²) in [6.45, 7) is 2.48. The lowest BCUT2D eigenvalue weighted by Gasteiger charge is -2.09. The van der Waals surface area contributed by atoms with E-state index >= 15 is 0 Å². The molecule has 3 aromatic heterocycles. The molecule has 0 saturated carbocycles. The zero-order valence-corrected chi connectivity index (χ0v) is 18.2. The Bertz CT molecular complexity index is 1310. The number of anilines is 1. The third-order valence-corrected chi connectivity index (χ3v) is 5.83. The average molecular weight is 480 g/mol. The van der Waals surface area contributed by atoms with Gasteiger partial charge in [-0.05, 0) is 25.5 Å². The molecule has 32 heavy (non-hydrogen) atoms. The first kappa shape index (κ1) is 21.9. The first-order chi connectivity index (χ1) is 15.5. The molecule has 3 heterocycles. The van der Waals surface area contributed by atoms with Gasteiger partial charge in [0.25, 0.3) is 0 Å². The summed E-state index contributed by atoms with van der Waals surface area (Å²) in [7, 11) is 0. The van der Waals surface area contributed by atoms with Crippen LogP contribution in [0, 0.1) is 11.6 Å². The van der Waals surface area contributed by atoms with E-state index in [9.17, 15) is 13.6 Å². The van der Waals surface area contributed by atoms with Gasteiger partial charge >= 0.3 is 5.76 Å². The number of H-pyrrole nitrogens is 1. The maximum Gasteiger partial charge on any atom is 0.439 e. The van der Waals surface area contributed by atoms with Gasteiger partial charge in [0, 0.05) is 24.2 Å². The molecular weight excluding hydrogens is 464 g/mol. The van der Waals surface area contributed by atoms with Crippen molar-refractivity contribution in [2.45, 2.75) is 13.3 Å². The summed E-state index contributed by atoms with van der Waals surface area (Å²) in [6.07, 6.45) is 1.45. The number of ether oxygens (including phenoxy) is 1. The summed E-state index contributed by atoms with van der Waals surface area (Å²) in [5.74, 6) is -0.835. The van der Waals surface area contributed by atoms with Crippen molar-refractivity contribution in [2.75, 3.05) is 18.5 Å².